The van der Waals surface area contributed by atoms with E-state index in [-0.39, 0.29) is 36.2 Å². The molecule has 0 aliphatic heterocycles. The molecule has 1 heterocycles. The highest BCUT2D eigenvalue weighted by Gasteiger charge is 2.19. The van der Waals surface area contributed by atoms with Gasteiger partial charge in [0.2, 0.25) is 11.8 Å². The molecule has 32 heavy (non-hydrogen) atoms. The highest BCUT2D eigenvalue weighted by Crippen LogP contribution is 2.19. The van der Waals surface area contributed by atoms with Crippen LogP contribution in [0.5, 0.6) is 0 Å². The summed E-state index contributed by atoms with van der Waals surface area (Å²) in [6.07, 6.45) is 0. The summed E-state index contributed by atoms with van der Waals surface area (Å²) in [4.78, 5) is 39.6. The molecule has 3 aromatic rings. The fourth-order valence-corrected chi connectivity index (χ4v) is 3.63. The van der Waals surface area contributed by atoms with Crippen molar-refractivity contribution in [2.45, 2.75) is 20.8 Å². The normalized spacial score (nSPS) is 10.9. The molecule has 0 atom stereocenters. The molecular weight excluding hydrogens is 406 g/mol. The van der Waals surface area contributed by atoms with E-state index in [1.54, 1.807) is 30.6 Å². The summed E-state index contributed by atoms with van der Waals surface area (Å²) in [5.74, 6) is -0.571. The second-order valence-electron chi connectivity index (χ2n) is 7.97. The third-order valence-corrected chi connectivity index (χ3v) is 5.39. The van der Waals surface area contributed by atoms with Crippen LogP contribution in [-0.2, 0) is 16.6 Å². The Hall–Kier alpha value is -3.65. The van der Waals surface area contributed by atoms with E-state index in [2.05, 4.69) is 10.6 Å². The maximum absolute atomic E-state index is 12.9. The summed E-state index contributed by atoms with van der Waals surface area (Å²) in [6, 6.07) is 15.0. The van der Waals surface area contributed by atoms with Gasteiger partial charge in [0.25, 0.3) is 5.56 Å². The minimum Gasteiger partial charge on any atom is -0.324 e. The van der Waals surface area contributed by atoms with Gasteiger partial charge in [0.1, 0.15) is 5.69 Å². The van der Waals surface area contributed by atoms with E-state index in [0.29, 0.717) is 11.4 Å². The third-order valence-electron chi connectivity index (χ3n) is 5.39. The van der Waals surface area contributed by atoms with Crippen LogP contribution in [0.1, 0.15) is 16.8 Å². The second-order valence-corrected chi connectivity index (χ2v) is 7.97. The van der Waals surface area contributed by atoms with Crippen LogP contribution in [-0.4, -0.2) is 46.2 Å². The van der Waals surface area contributed by atoms with Gasteiger partial charge >= 0.3 is 0 Å². The molecule has 3 rings (SSSR count). The molecule has 1 aromatic heterocycles. The average molecular weight is 436 g/mol. The van der Waals surface area contributed by atoms with Crippen LogP contribution >= 0.6 is 0 Å². The zero-order valence-electron chi connectivity index (χ0n) is 19.1. The molecular formula is C24H29N5O3. The molecule has 2 aromatic carbocycles. The fourth-order valence-electron chi connectivity index (χ4n) is 3.63. The molecule has 0 aliphatic carbocycles. The number of nitrogens with zero attached hydrogens (tertiary/aromatic N) is 3. The lowest BCUT2D eigenvalue weighted by atomic mass is 10.1. The Morgan fingerprint density at radius 2 is 1.38 bits per heavy atom. The smallest absolute Gasteiger partial charge is 0.295 e. The number of likely N-dealkylation sites (N-methyl/N-ethyl adjacent to an activating group) is 1. The molecule has 0 bridgehead atoms. The summed E-state index contributed by atoms with van der Waals surface area (Å²) in [5.41, 5.74) is 4.03. The number of aromatic nitrogens is 2. The number of amides is 2. The standard InChI is InChI=1S/C24H29N5O3/c1-16-10-9-11-17(2)22(16)25-20(30)14-27(4)15-21(31)26-23-18(3)28(5)29(24(23)32)19-12-7-6-8-13-19/h6-13H,14-15H2,1-5H3,(H,25,30)(H,26,31). The number of hydrogen-bond donors (Lipinski definition) is 2. The van der Waals surface area contributed by atoms with E-state index in [0.717, 1.165) is 16.8 Å². The molecule has 0 unspecified atom stereocenters. The van der Waals surface area contributed by atoms with Gasteiger partial charge in [-0.2, -0.15) is 0 Å². The Balaban J connectivity index is 1.65. The Kier molecular flexibility index (Phi) is 6.95. The van der Waals surface area contributed by atoms with Gasteiger partial charge in [-0.05, 0) is 51.1 Å². The first-order valence-corrected chi connectivity index (χ1v) is 10.4. The maximum Gasteiger partial charge on any atom is 0.295 e. The molecule has 2 N–H and O–H groups in total. The van der Waals surface area contributed by atoms with Crippen molar-refractivity contribution in [2.75, 3.05) is 30.8 Å². The van der Waals surface area contributed by atoms with E-state index < -0.39 is 0 Å². The van der Waals surface area contributed by atoms with Crippen molar-refractivity contribution in [1.82, 2.24) is 14.3 Å². The summed E-state index contributed by atoms with van der Waals surface area (Å²) >= 11 is 0. The van der Waals surface area contributed by atoms with Crippen molar-refractivity contribution < 1.29 is 9.59 Å². The van der Waals surface area contributed by atoms with Crippen molar-refractivity contribution in [3.05, 3.63) is 75.7 Å². The Morgan fingerprint density at radius 1 is 0.844 bits per heavy atom. The number of benzene rings is 2. The first-order valence-electron chi connectivity index (χ1n) is 10.4. The summed E-state index contributed by atoms with van der Waals surface area (Å²) in [6.45, 7) is 5.66. The van der Waals surface area contributed by atoms with E-state index >= 15 is 0 Å². The van der Waals surface area contributed by atoms with Crippen LogP contribution in [0, 0.1) is 20.8 Å². The van der Waals surface area contributed by atoms with Crippen LogP contribution in [0.25, 0.3) is 5.69 Å². The Labute approximate surface area is 187 Å². The average Bonchev–Trinajstić information content (AvgIpc) is 2.94. The van der Waals surface area contributed by atoms with Gasteiger partial charge in [0.05, 0.1) is 24.5 Å². The van der Waals surface area contributed by atoms with Crippen LogP contribution < -0.4 is 16.2 Å². The molecule has 168 valence electrons. The van der Waals surface area contributed by atoms with Gasteiger partial charge in [-0.1, -0.05) is 36.4 Å². The number of rotatable bonds is 7. The number of nitrogens with one attached hydrogen (secondary N) is 2. The zero-order valence-corrected chi connectivity index (χ0v) is 19.1. The van der Waals surface area contributed by atoms with Gasteiger partial charge in [0, 0.05) is 12.7 Å². The Bertz CT molecular complexity index is 1170. The monoisotopic (exact) mass is 435 g/mol. The quantitative estimate of drug-likeness (QED) is 0.597. The van der Waals surface area contributed by atoms with Crippen LogP contribution in [0.2, 0.25) is 0 Å². The molecule has 0 aliphatic rings. The lowest BCUT2D eigenvalue weighted by Gasteiger charge is -2.17. The minimum atomic E-state index is -0.363. The lowest BCUT2D eigenvalue weighted by molar-refractivity contribution is -0.119. The van der Waals surface area contributed by atoms with Crippen LogP contribution in [0.15, 0.2) is 53.3 Å². The molecule has 0 saturated heterocycles. The van der Waals surface area contributed by atoms with Gasteiger partial charge in [0.15, 0.2) is 0 Å². The summed E-state index contributed by atoms with van der Waals surface area (Å²) in [5, 5.41) is 5.63. The summed E-state index contributed by atoms with van der Waals surface area (Å²) < 4.78 is 3.21. The number of para-hydroxylation sites is 2. The highest BCUT2D eigenvalue weighted by molar-refractivity contribution is 5.95. The zero-order chi connectivity index (χ0) is 23.4. The van der Waals surface area contributed by atoms with E-state index in [9.17, 15) is 14.4 Å². The number of carbonyl (C=O) groups excluding carboxylic acids is 2. The largest absolute Gasteiger partial charge is 0.324 e. The van der Waals surface area contributed by atoms with E-state index in [1.165, 1.54) is 4.68 Å². The predicted octanol–water partition coefficient (Wildman–Crippen LogP) is 2.61. The number of hydrogen-bond acceptors (Lipinski definition) is 4. The highest BCUT2D eigenvalue weighted by atomic mass is 16.2. The predicted molar refractivity (Wildman–Crippen MR) is 126 cm³/mol. The van der Waals surface area contributed by atoms with Crippen molar-refractivity contribution >= 4 is 23.2 Å². The topological polar surface area (TPSA) is 88.4 Å². The molecule has 8 heteroatoms. The Morgan fingerprint density at radius 3 is 1.94 bits per heavy atom. The van der Waals surface area contributed by atoms with Crippen LogP contribution in [0.3, 0.4) is 0 Å². The SMILES string of the molecule is Cc1cccc(C)c1NC(=O)CN(C)CC(=O)Nc1c(C)n(C)n(-c2ccccc2)c1=O. The van der Waals surface area contributed by atoms with Crippen LogP contribution in [0.4, 0.5) is 11.4 Å². The first kappa shape index (κ1) is 23.0. The lowest BCUT2D eigenvalue weighted by Crippen LogP contribution is -2.37. The molecule has 8 nitrogen and oxygen atoms in total. The van der Waals surface area contributed by atoms with Gasteiger partial charge in [-0.15, -0.1) is 0 Å². The minimum absolute atomic E-state index is 0.0285. The summed E-state index contributed by atoms with van der Waals surface area (Å²) in [7, 11) is 3.45. The van der Waals surface area contributed by atoms with E-state index in [1.807, 2.05) is 62.4 Å². The molecule has 0 spiro atoms. The van der Waals surface area contributed by atoms with Crippen molar-refractivity contribution in [3.8, 4) is 5.69 Å². The van der Waals surface area contributed by atoms with Crippen molar-refractivity contribution in [2.24, 2.45) is 7.05 Å². The second kappa shape index (κ2) is 9.65. The number of anilines is 2. The molecule has 0 saturated carbocycles. The first-order chi connectivity index (χ1) is 15.2. The maximum atomic E-state index is 12.9. The van der Waals surface area contributed by atoms with Crippen molar-refractivity contribution in [3.63, 3.8) is 0 Å². The molecule has 2 amide bonds. The van der Waals surface area contributed by atoms with Gasteiger partial charge in [-0.3, -0.25) is 24.0 Å². The molecule has 0 radical (unpaired) electrons. The third kappa shape index (κ3) is 4.97. The van der Waals surface area contributed by atoms with Gasteiger partial charge in [-0.25, -0.2) is 4.68 Å². The van der Waals surface area contributed by atoms with E-state index in [4.69, 9.17) is 0 Å². The number of aryl methyl sites for hydroxylation is 2. The number of carbonyl (C=O) groups is 2. The van der Waals surface area contributed by atoms with Gasteiger partial charge < -0.3 is 10.6 Å². The van der Waals surface area contributed by atoms with Crippen molar-refractivity contribution in [1.29, 1.82) is 0 Å². The fraction of sp³-hybridized carbons (Fsp3) is 0.292. The molecule has 0 fully saturated rings.